The highest BCUT2D eigenvalue weighted by molar-refractivity contribution is 9.10. The molecular formula is C17H22BrF2N3O2S. The van der Waals surface area contributed by atoms with Crippen LogP contribution in [0.5, 0.6) is 0 Å². The van der Waals surface area contributed by atoms with E-state index >= 15 is 0 Å². The minimum Gasteiger partial charge on any atom is -0.598 e. The summed E-state index contributed by atoms with van der Waals surface area (Å²) in [4.78, 5) is 0. The molecule has 1 heterocycles. The molecule has 1 aromatic carbocycles. The van der Waals surface area contributed by atoms with Crippen LogP contribution in [0.2, 0.25) is 0 Å². The summed E-state index contributed by atoms with van der Waals surface area (Å²) in [5.74, 6) is -3.56. The van der Waals surface area contributed by atoms with Crippen molar-refractivity contribution in [1.29, 1.82) is 0 Å². The summed E-state index contributed by atoms with van der Waals surface area (Å²) in [6, 6.07) is 7.21. The van der Waals surface area contributed by atoms with Gasteiger partial charge < -0.3 is 9.66 Å². The number of nitrogens with zero attached hydrogens (tertiary/aromatic N) is 2. The number of aliphatic hydroxyl groups is 1. The van der Waals surface area contributed by atoms with E-state index in [1.165, 1.54) is 24.0 Å². The van der Waals surface area contributed by atoms with E-state index < -0.39 is 34.2 Å². The summed E-state index contributed by atoms with van der Waals surface area (Å²) >= 11 is 1.58. The molecule has 0 aliphatic carbocycles. The molecule has 0 amide bonds. The van der Waals surface area contributed by atoms with Gasteiger partial charge in [0, 0.05) is 27.6 Å². The number of rotatable bonds is 6. The fourth-order valence-corrected chi connectivity index (χ4v) is 3.51. The van der Waals surface area contributed by atoms with Crippen LogP contribution in [0.25, 0.3) is 5.69 Å². The van der Waals surface area contributed by atoms with Crippen LogP contribution in [-0.4, -0.2) is 36.7 Å². The van der Waals surface area contributed by atoms with Gasteiger partial charge in [0.1, 0.15) is 11.4 Å². The third kappa shape index (κ3) is 4.28. The molecule has 0 saturated carbocycles. The van der Waals surface area contributed by atoms with Crippen LogP contribution in [0.4, 0.5) is 8.78 Å². The van der Waals surface area contributed by atoms with Gasteiger partial charge in [0.05, 0.1) is 11.9 Å². The molecule has 2 aromatic rings. The Labute approximate surface area is 163 Å². The monoisotopic (exact) mass is 449 g/mol. The molecule has 1 unspecified atom stereocenters. The highest BCUT2D eigenvalue weighted by Crippen LogP contribution is 2.39. The maximum Gasteiger partial charge on any atom is 0.296 e. The quantitative estimate of drug-likeness (QED) is 0.661. The van der Waals surface area contributed by atoms with Crippen molar-refractivity contribution >= 4 is 27.3 Å². The average molecular weight is 450 g/mol. The smallest absolute Gasteiger partial charge is 0.296 e. The molecule has 0 fully saturated rings. The number of aromatic nitrogens is 2. The zero-order valence-corrected chi connectivity index (χ0v) is 17.4. The predicted molar refractivity (Wildman–Crippen MR) is 102 cm³/mol. The van der Waals surface area contributed by atoms with E-state index in [-0.39, 0.29) is 5.56 Å². The van der Waals surface area contributed by atoms with Crippen molar-refractivity contribution in [2.75, 3.05) is 6.61 Å². The topological polar surface area (TPSA) is 73.1 Å². The van der Waals surface area contributed by atoms with Crippen LogP contribution in [0.3, 0.4) is 0 Å². The molecule has 2 atom stereocenters. The molecule has 0 radical (unpaired) electrons. The van der Waals surface area contributed by atoms with Crippen LogP contribution in [0, 0.1) is 0 Å². The van der Waals surface area contributed by atoms with Crippen molar-refractivity contribution in [1.82, 2.24) is 14.5 Å². The standard InChI is InChI=1S/C17H22BrF2N3O2S/c1-15(2,3)26(25)22-16(4,17(19,20)11-24)12-9-21-23(10-12)14-7-5-6-13(18)8-14/h5-10,22,24H,11H2,1-4H3/t16-,26?/m1/s1. The maximum absolute atomic E-state index is 14.6. The van der Waals surface area contributed by atoms with Gasteiger partial charge in [-0.15, -0.1) is 4.72 Å². The zero-order valence-electron chi connectivity index (χ0n) is 15.0. The predicted octanol–water partition coefficient (Wildman–Crippen LogP) is 3.53. The average Bonchev–Trinajstić information content (AvgIpc) is 3.04. The first-order valence-electron chi connectivity index (χ1n) is 7.90. The number of benzene rings is 1. The van der Waals surface area contributed by atoms with Crippen molar-refractivity contribution in [3.05, 3.63) is 46.7 Å². The van der Waals surface area contributed by atoms with Gasteiger partial charge in [-0.2, -0.15) is 5.10 Å². The fraction of sp³-hybridized carbons (Fsp3) is 0.471. The Kier molecular flexibility index (Phi) is 6.19. The van der Waals surface area contributed by atoms with Crippen LogP contribution < -0.4 is 4.72 Å². The second-order valence-corrected chi connectivity index (χ2v) is 10.0. The Hall–Kier alpha value is -1.00. The van der Waals surface area contributed by atoms with Gasteiger partial charge in [-0.3, -0.25) is 0 Å². The van der Waals surface area contributed by atoms with Crippen LogP contribution in [0.1, 0.15) is 33.3 Å². The molecule has 0 aliphatic rings. The first kappa shape index (κ1) is 21.3. The van der Waals surface area contributed by atoms with Crippen LogP contribution >= 0.6 is 15.9 Å². The van der Waals surface area contributed by atoms with E-state index in [9.17, 15) is 18.4 Å². The molecule has 2 N–H and O–H groups in total. The maximum atomic E-state index is 14.6. The van der Waals surface area contributed by atoms with Gasteiger partial charge in [0.2, 0.25) is 0 Å². The number of nitrogens with one attached hydrogen (secondary N) is 1. The van der Waals surface area contributed by atoms with E-state index in [0.717, 1.165) is 4.47 Å². The minimum absolute atomic E-state index is 0.120. The first-order valence-corrected chi connectivity index (χ1v) is 9.84. The molecule has 0 spiro atoms. The lowest BCUT2D eigenvalue weighted by molar-refractivity contribution is -0.114. The lowest BCUT2D eigenvalue weighted by Gasteiger charge is -2.38. The Balaban J connectivity index is 2.47. The Morgan fingerprint density at radius 1 is 1.31 bits per heavy atom. The molecule has 1 aromatic heterocycles. The number of hydrogen-bond acceptors (Lipinski definition) is 4. The zero-order chi connectivity index (χ0) is 19.8. The van der Waals surface area contributed by atoms with Crippen molar-refractivity contribution in [2.45, 2.75) is 43.9 Å². The van der Waals surface area contributed by atoms with E-state index in [4.69, 9.17) is 0 Å². The summed E-state index contributed by atoms with van der Waals surface area (Å²) in [6.45, 7) is 4.87. The van der Waals surface area contributed by atoms with Gasteiger partial charge >= 0.3 is 0 Å². The summed E-state index contributed by atoms with van der Waals surface area (Å²) in [5, 5.41) is 13.4. The Morgan fingerprint density at radius 3 is 2.50 bits per heavy atom. The first-order chi connectivity index (χ1) is 11.9. The lowest BCUT2D eigenvalue weighted by atomic mass is 9.89. The second kappa shape index (κ2) is 7.55. The van der Waals surface area contributed by atoms with Gasteiger partial charge in [-0.05, 0) is 45.9 Å². The number of hydrogen-bond donors (Lipinski definition) is 2. The van der Waals surface area contributed by atoms with Gasteiger partial charge in [-0.25, -0.2) is 13.5 Å². The molecule has 0 saturated heterocycles. The Bertz CT molecular complexity index is 766. The molecule has 9 heteroatoms. The molecule has 0 aliphatic heterocycles. The van der Waals surface area contributed by atoms with E-state index in [0.29, 0.717) is 5.69 Å². The van der Waals surface area contributed by atoms with Crippen molar-refractivity contribution < 1.29 is 18.4 Å². The SMILES string of the molecule is CC(C)(C)[S+]([O-])N[C@](C)(c1cnn(-c2cccc(Br)c2)c1)C(F)(F)CO. The Morgan fingerprint density at radius 2 is 1.96 bits per heavy atom. The minimum atomic E-state index is -3.56. The van der Waals surface area contributed by atoms with Crippen molar-refractivity contribution in [3.8, 4) is 5.69 Å². The van der Waals surface area contributed by atoms with Gasteiger partial charge in [-0.1, -0.05) is 22.0 Å². The molecule has 26 heavy (non-hydrogen) atoms. The largest absolute Gasteiger partial charge is 0.598 e. The van der Waals surface area contributed by atoms with Crippen LogP contribution in [-0.2, 0) is 16.9 Å². The highest BCUT2D eigenvalue weighted by Gasteiger charge is 2.55. The van der Waals surface area contributed by atoms with Crippen molar-refractivity contribution in [2.24, 2.45) is 0 Å². The van der Waals surface area contributed by atoms with E-state index in [1.54, 1.807) is 39.0 Å². The fourth-order valence-electron chi connectivity index (χ4n) is 2.18. The molecule has 144 valence electrons. The van der Waals surface area contributed by atoms with E-state index in [1.807, 2.05) is 6.07 Å². The summed E-state index contributed by atoms with van der Waals surface area (Å²) in [6.07, 6.45) is 2.73. The molecular weight excluding hydrogens is 428 g/mol. The van der Waals surface area contributed by atoms with E-state index in [2.05, 4.69) is 25.8 Å². The second-order valence-electron chi connectivity index (χ2n) is 7.12. The third-order valence-electron chi connectivity index (χ3n) is 4.02. The number of halogens is 3. The van der Waals surface area contributed by atoms with Gasteiger partial charge in [0.25, 0.3) is 5.92 Å². The third-order valence-corrected chi connectivity index (χ3v) is 6.22. The molecule has 5 nitrogen and oxygen atoms in total. The van der Waals surface area contributed by atoms with Crippen molar-refractivity contribution in [3.63, 3.8) is 0 Å². The van der Waals surface area contributed by atoms with Gasteiger partial charge in [0.15, 0.2) is 5.54 Å². The summed E-state index contributed by atoms with van der Waals surface area (Å²) in [5.41, 5.74) is -1.27. The normalized spacial score (nSPS) is 16.3. The molecule has 0 bridgehead atoms. The summed E-state index contributed by atoms with van der Waals surface area (Å²) < 4.78 is 45.8. The number of aliphatic hydroxyl groups excluding tert-OH is 1. The number of alkyl halides is 2. The van der Waals surface area contributed by atoms with Crippen LogP contribution in [0.15, 0.2) is 41.1 Å². The lowest BCUT2D eigenvalue weighted by Crippen LogP contribution is -2.60. The summed E-state index contributed by atoms with van der Waals surface area (Å²) in [7, 11) is 0. The molecule has 2 rings (SSSR count). The highest BCUT2D eigenvalue weighted by atomic mass is 79.9.